The zero-order valence-electron chi connectivity index (χ0n) is 26.6. The number of hydrogen-bond acceptors (Lipinski definition) is 4. The van der Waals surface area contributed by atoms with Gasteiger partial charge in [0.25, 0.3) is 0 Å². The zero-order chi connectivity index (χ0) is 30.6. The minimum Gasteiger partial charge on any atom is -0.343 e. The summed E-state index contributed by atoms with van der Waals surface area (Å²) in [4.78, 5) is 49.2. The van der Waals surface area contributed by atoms with Crippen LogP contribution in [-0.2, 0) is 22.6 Å². The van der Waals surface area contributed by atoms with Gasteiger partial charge in [-0.05, 0) is 89.1 Å². The van der Waals surface area contributed by atoms with Crippen molar-refractivity contribution in [1.82, 2.24) is 19.6 Å². The molecule has 0 bridgehead atoms. The van der Waals surface area contributed by atoms with Gasteiger partial charge in [-0.3, -0.25) is 9.59 Å². The van der Waals surface area contributed by atoms with Gasteiger partial charge in [-0.2, -0.15) is 0 Å². The summed E-state index contributed by atoms with van der Waals surface area (Å²) in [5.41, 5.74) is 5.51. The molecular weight excluding hydrogens is 550 g/mol. The van der Waals surface area contributed by atoms with E-state index in [9.17, 15) is 14.4 Å². The van der Waals surface area contributed by atoms with E-state index in [0.717, 1.165) is 55.6 Å². The van der Waals surface area contributed by atoms with Gasteiger partial charge in [0, 0.05) is 56.9 Å². The number of benzene rings is 2. The van der Waals surface area contributed by atoms with Crippen LogP contribution >= 0.6 is 0 Å². The molecule has 3 fully saturated rings. The van der Waals surface area contributed by atoms with E-state index in [0.29, 0.717) is 32.1 Å². The number of hydrogen-bond donors (Lipinski definition) is 1. The van der Waals surface area contributed by atoms with E-state index in [2.05, 4.69) is 48.3 Å². The summed E-state index contributed by atoms with van der Waals surface area (Å²) in [7, 11) is 0. The normalized spacial score (nSPS) is 21.1. The Morgan fingerprint density at radius 2 is 1.45 bits per heavy atom. The predicted molar refractivity (Wildman–Crippen MR) is 173 cm³/mol. The lowest BCUT2D eigenvalue weighted by Gasteiger charge is -2.41. The second-order valence-corrected chi connectivity index (χ2v) is 13.6. The molecular formula is C36H49N5O3. The van der Waals surface area contributed by atoms with Crippen molar-refractivity contribution in [2.45, 2.75) is 90.3 Å². The second kappa shape index (κ2) is 13.7. The zero-order valence-corrected chi connectivity index (χ0v) is 26.6. The molecule has 6 rings (SSSR count). The molecule has 4 aliphatic heterocycles. The molecule has 4 heterocycles. The van der Waals surface area contributed by atoms with Gasteiger partial charge in [0.2, 0.25) is 11.8 Å². The molecule has 236 valence electrons. The van der Waals surface area contributed by atoms with Crippen molar-refractivity contribution in [3.8, 4) is 0 Å². The number of anilines is 1. The Balaban J connectivity index is 1.08. The van der Waals surface area contributed by atoms with Crippen LogP contribution in [0.2, 0.25) is 0 Å². The molecule has 0 radical (unpaired) electrons. The van der Waals surface area contributed by atoms with Crippen molar-refractivity contribution in [3.63, 3.8) is 0 Å². The predicted octanol–water partition coefficient (Wildman–Crippen LogP) is 5.37. The maximum absolute atomic E-state index is 14.1. The third-order valence-electron chi connectivity index (χ3n) is 10.3. The molecule has 4 amide bonds. The SMILES string of the molecule is Cc1cc(C)cc(CC(CC(=O)N2CCC(N3Cc4ccccc4NC3=O)CC2)C(=O)N2CCC(N3CCCCC3)CC2)c1. The van der Waals surface area contributed by atoms with E-state index < -0.39 is 0 Å². The number of piperidine rings is 3. The second-order valence-electron chi connectivity index (χ2n) is 13.6. The lowest BCUT2D eigenvalue weighted by Crippen LogP contribution is -2.52. The molecule has 44 heavy (non-hydrogen) atoms. The lowest BCUT2D eigenvalue weighted by molar-refractivity contribution is -0.143. The van der Waals surface area contributed by atoms with Crippen molar-refractivity contribution in [1.29, 1.82) is 0 Å². The Kier molecular flexibility index (Phi) is 9.55. The molecule has 0 saturated carbocycles. The quantitative estimate of drug-likeness (QED) is 0.465. The van der Waals surface area contributed by atoms with Gasteiger partial charge in [-0.25, -0.2) is 4.79 Å². The van der Waals surface area contributed by atoms with Crippen molar-refractivity contribution in [3.05, 3.63) is 64.7 Å². The van der Waals surface area contributed by atoms with Crippen LogP contribution < -0.4 is 5.32 Å². The molecule has 0 spiro atoms. The molecule has 0 aromatic heterocycles. The van der Waals surface area contributed by atoms with E-state index in [1.54, 1.807) is 0 Å². The number of nitrogens with one attached hydrogen (secondary N) is 1. The molecule has 1 unspecified atom stereocenters. The number of urea groups is 1. The number of fused-ring (bicyclic) bond motifs is 1. The van der Waals surface area contributed by atoms with Crippen LogP contribution in [0.5, 0.6) is 0 Å². The summed E-state index contributed by atoms with van der Waals surface area (Å²) >= 11 is 0. The number of para-hydroxylation sites is 1. The summed E-state index contributed by atoms with van der Waals surface area (Å²) in [6.07, 6.45) is 8.29. The van der Waals surface area contributed by atoms with Gasteiger partial charge in [0.15, 0.2) is 0 Å². The standard InChI is InChI=1S/C36H49N5O3/c1-26-20-27(2)22-28(21-26)23-30(35(43)40-18-10-31(11-19-40)38-14-6-3-7-15-38)24-34(42)39-16-12-32(13-17-39)41-25-29-8-4-5-9-33(29)37-36(41)44/h4-5,8-9,20-22,30-32H,3,6-7,10-19,23-25H2,1-2H3,(H,37,44). The summed E-state index contributed by atoms with van der Waals surface area (Å²) in [6.45, 7) is 9.95. The summed E-state index contributed by atoms with van der Waals surface area (Å²) in [5.74, 6) is -0.173. The van der Waals surface area contributed by atoms with E-state index in [1.807, 2.05) is 32.9 Å². The van der Waals surface area contributed by atoms with Crippen LogP contribution in [0.1, 0.15) is 73.6 Å². The van der Waals surface area contributed by atoms with Gasteiger partial charge in [0.05, 0.1) is 5.92 Å². The van der Waals surface area contributed by atoms with Crippen molar-refractivity contribution in [2.24, 2.45) is 5.92 Å². The Morgan fingerprint density at radius 1 is 0.818 bits per heavy atom. The maximum atomic E-state index is 14.1. The Hall–Kier alpha value is -3.39. The van der Waals surface area contributed by atoms with Crippen LogP contribution in [0.3, 0.4) is 0 Å². The first kappa shape index (κ1) is 30.6. The summed E-state index contributed by atoms with van der Waals surface area (Å²) < 4.78 is 0. The highest BCUT2D eigenvalue weighted by Gasteiger charge is 2.36. The number of aryl methyl sites for hydroxylation is 2. The number of rotatable bonds is 7. The number of amides is 4. The fraction of sp³-hybridized carbons (Fsp3) is 0.583. The highest BCUT2D eigenvalue weighted by Crippen LogP contribution is 2.29. The molecule has 0 aliphatic carbocycles. The van der Waals surface area contributed by atoms with Crippen LogP contribution in [0, 0.1) is 19.8 Å². The number of carbonyl (C=O) groups is 3. The van der Waals surface area contributed by atoms with Crippen molar-refractivity contribution in [2.75, 3.05) is 44.6 Å². The van der Waals surface area contributed by atoms with Crippen molar-refractivity contribution < 1.29 is 14.4 Å². The number of nitrogens with zero attached hydrogens (tertiary/aromatic N) is 4. The minimum absolute atomic E-state index is 0.0582. The first-order chi connectivity index (χ1) is 21.3. The van der Waals surface area contributed by atoms with Gasteiger partial charge in [-0.15, -0.1) is 0 Å². The third-order valence-corrected chi connectivity index (χ3v) is 10.3. The van der Waals surface area contributed by atoms with E-state index in [4.69, 9.17) is 0 Å². The Morgan fingerprint density at radius 3 is 2.16 bits per heavy atom. The Bertz CT molecular complexity index is 1320. The van der Waals surface area contributed by atoms with Gasteiger partial charge in [-0.1, -0.05) is 53.9 Å². The largest absolute Gasteiger partial charge is 0.343 e. The smallest absolute Gasteiger partial charge is 0.322 e. The van der Waals surface area contributed by atoms with E-state index in [1.165, 1.54) is 43.5 Å². The first-order valence-corrected chi connectivity index (χ1v) is 16.9. The average molecular weight is 600 g/mol. The molecule has 2 aromatic rings. The highest BCUT2D eigenvalue weighted by molar-refractivity contribution is 5.92. The minimum atomic E-state index is -0.364. The topological polar surface area (TPSA) is 76.2 Å². The fourth-order valence-electron chi connectivity index (χ4n) is 8.00. The molecule has 2 aromatic carbocycles. The van der Waals surface area contributed by atoms with Crippen LogP contribution in [0.15, 0.2) is 42.5 Å². The van der Waals surface area contributed by atoms with E-state index >= 15 is 0 Å². The highest BCUT2D eigenvalue weighted by atomic mass is 16.2. The molecule has 1 atom stereocenters. The van der Waals surface area contributed by atoms with Gasteiger partial charge >= 0.3 is 6.03 Å². The molecule has 3 saturated heterocycles. The lowest BCUT2D eigenvalue weighted by atomic mass is 9.90. The van der Waals surface area contributed by atoms with Crippen LogP contribution in [-0.4, -0.2) is 88.8 Å². The van der Waals surface area contributed by atoms with E-state index in [-0.39, 0.29) is 36.2 Å². The number of carbonyl (C=O) groups excluding carboxylic acids is 3. The summed E-state index contributed by atoms with van der Waals surface area (Å²) in [6, 6.07) is 15.0. The van der Waals surface area contributed by atoms with Gasteiger partial charge < -0.3 is 24.9 Å². The maximum Gasteiger partial charge on any atom is 0.322 e. The monoisotopic (exact) mass is 599 g/mol. The van der Waals surface area contributed by atoms with Gasteiger partial charge in [0.1, 0.15) is 0 Å². The molecule has 1 N–H and O–H groups in total. The average Bonchev–Trinajstić information content (AvgIpc) is 3.04. The molecule has 8 nitrogen and oxygen atoms in total. The molecule has 4 aliphatic rings. The van der Waals surface area contributed by atoms with Crippen molar-refractivity contribution >= 4 is 23.5 Å². The summed E-state index contributed by atoms with van der Waals surface area (Å²) in [5, 5.41) is 3.02. The van der Waals surface area contributed by atoms with Crippen LogP contribution in [0.25, 0.3) is 0 Å². The van der Waals surface area contributed by atoms with Crippen LogP contribution in [0.4, 0.5) is 10.5 Å². The fourth-order valence-corrected chi connectivity index (χ4v) is 8.00. The third kappa shape index (κ3) is 7.12. The molecule has 8 heteroatoms. The number of likely N-dealkylation sites (tertiary alicyclic amines) is 3. The Labute approximate surface area is 262 Å². The first-order valence-electron chi connectivity index (χ1n) is 16.9.